The molecule has 0 aliphatic heterocycles. The maximum Gasteiger partial charge on any atom is 0.0598 e. The van der Waals surface area contributed by atoms with Gasteiger partial charge in [0.15, 0.2) is 0 Å². The average Bonchev–Trinajstić information content (AvgIpc) is 2.30. The number of nitrogen functional groups attached to an aromatic ring is 1. The molecule has 0 radical (unpaired) electrons. The van der Waals surface area contributed by atoms with E-state index in [-0.39, 0.29) is 0 Å². The number of hydrogen-bond donors (Lipinski definition) is 1. The predicted molar refractivity (Wildman–Crippen MR) is 81.9 cm³/mol. The number of rotatable bonds is 3. The second-order valence-electron chi connectivity index (χ2n) is 4.68. The van der Waals surface area contributed by atoms with Gasteiger partial charge in [-0.3, -0.25) is 4.21 Å². The Balaban J connectivity index is 2.28. The predicted octanol–water partition coefficient (Wildman–Crippen LogP) is 3.85. The fourth-order valence-electron chi connectivity index (χ4n) is 2.08. The van der Waals surface area contributed by atoms with Crippen LogP contribution in [-0.2, 0) is 16.6 Å². The molecule has 2 aromatic carbocycles. The van der Waals surface area contributed by atoms with Crippen LogP contribution in [0.4, 0.5) is 5.69 Å². The summed E-state index contributed by atoms with van der Waals surface area (Å²) >= 11 is 6.07. The molecular weight excluding hydrogens is 278 g/mol. The molecule has 0 aliphatic carbocycles. The first-order chi connectivity index (χ1) is 8.95. The lowest BCUT2D eigenvalue weighted by molar-refractivity contribution is 0.682. The standard InChI is InChI=1S/C15H16ClNOS/c1-10-5-11(2)7-12(6-10)9-19(18)15-8-13(17)3-4-14(15)16/h3-8H,9,17H2,1-2H3. The molecule has 1 unspecified atom stereocenters. The van der Waals surface area contributed by atoms with Gasteiger partial charge in [-0.1, -0.05) is 40.9 Å². The molecular formula is C15H16ClNOS. The van der Waals surface area contributed by atoms with Crippen LogP contribution in [0.25, 0.3) is 0 Å². The molecule has 2 aromatic rings. The molecule has 2 nitrogen and oxygen atoms in total. The number of nitrogens with two attached hydrogens (primary N) is 1. The monoisotopic (exact) mass is 293 g/mol. The summed E-state index contributed by atoms with van der Waals surface area (Å²) in [5.41, 5.74) is 9.68. The molecule has 0 bridgehead atoms. The highest BCUT2D eigenvalue weighted by molar-refractivity contribution is 7.84. The second kappa shape index (κ2) is 5.76. The zero-order chi connectivity index (χ0) is 14.0. The fourth-order valence-corrected chi connectivity index (χ4v) is 3.63. The molecule has 19 heavy (non-hydrogen) atoms. The van der Waals surface area contributed by atoms with Crippen LogP contribution in [-0.4, -0.2) is 4.21 Å². The highest BCUT2D eigenvalue weighted by Crippen LogP contribution is 2.24. The van der Waals surface area contributed by atoms with Crippen LogP contribution in [0.2, 0.25) is 5.02 Å². The van der Waals surface area contributed by atoms with Gasteiger partial charge in [0.25, 0.3) is 0 Å². The van der Waals surface area contributed by atoms with Crippen LogP contribution in [0.1, 0.15) is 16.7 Å². The average molecular weight is 294 g/mol. The van der Waals surface area contributed by atoms with E-state index < -0.39 is 10.8 Å². The van der Waals surface area contributed by atoms with E-state index in [1.54, 1.807) is 18.2 Å². The summed E-state index contributed by atoms with van der Waals surface area (Å²) in [6.45, 7) is 4.07. The van der Waals surface area contributed by atoms with Crippen molar-refractivity contribution in [3.63, 3.8) is 0 Å². The van der Waals surface area contributed by atoms with Crippen molar-refractivity contribution in [1.82, 2.24) is 0 Å². The summed E-state index contributed by atoms with van der Waals surface area (Å²) < 4.78 is 12.4. The van der Waals surface area contributed by atoms with Crippen LogP contribution in [0.5, 0.6) is 0 Å². The number of benzene rings is 2. The van der Waals surface area contributed by atoms with Gasteiger partial charge in [0, 0.05) is 5.69 Å². The Labute approximate surface area is 121 Å². The molecule has 0 heterocycles. The summed E-state index contributed by atoms with van der Waals surface area (Å²) in [6.07, 6.45) is 0. The largest absolute Gasteiger partial charge is 0.399 e. The van der Waals surface area contributed by atoms with Gasteiger partial charge >= 0.3 is 0 Å². The SMILES string of the molecule is Cc1cc(C)cc(CS(=O)c2cc(N)ccc2Cl)c1. The van der Waals surface area contributed by atoms with Crippen LogP contribution < -0.4 is 5.73 Å². The third-order valence-electron chi connectivity index (χ3n) is 2.78. The molecule has 0 saturated heterocycles. The minimum Gasteiger partial charge on any atom is -0.399 e. The summed E-state index contributed by atoms with van der Waals surface area (Å²) in [5, 5.41) is 0.497. The smallest absolute Gasteiger partial charge is 0.0598 e. The highest BCUT2D eigenvalue weighted by Gasteiger charge is 2.10. The van der Waals surface area contributed by atoms with Crippen molar-refractivity contribution in [2.75, 3.05) is 5.73 Å². The summed E-state index contributed by atoms with van der Waals surface area (Å²) in [7, 11) is -1.18. The third kappa shape index (κ3) is 3.58. The van der Waals surface area contributed by atoms with Gasteiger partial charge in [-0.2, -0.15) is 0 Å². The fraction of sp³-hybridized carbons (Fsp3) is 0.200. The van der Waals surface area contributed by atoms with Crippen molar-refractivity contribution in [3.8, 4) is 0 Å². The second-order valence-corrected chi connectivity index (χ2v) is 6.50. The zero-order valence-electron chi connectivity index (χ0n) is 10.9. The molecule has 2 rings (SSSR count). The lowest BCUT2D eigenvalue weighted by atomic mass is 10.1. The maximum atomic E-state index is 12.4. The molecule has 1 atom stereocenters. The lowest BCUT2D eigenvalue weighted by Gasteiger charge is -2.07. The van der Waals surface area contributed by atoms with Gasteiger partial charge in [-0.15, -0.1) is 0 Å². The first kappa shape index (κ1) is 14.1. The first-order valence-corrected chi connectivity index (χ1v) is 7.66. The van der Waals surface area contributed by atoms with E-state index in [1.807, 2.05) is 26.0 Å². The van der Waals surface area contributed by atoms with Gasteiger partial charge in [0.05, 0.1) is 26.5 Å². The van der Waals surface area contributed by atoms with Gasteiger partial charge < -0.3 is 5.73 Å². The molecule has 0 saturated carbocycles. The number of hydrogen-bond acceptors (Lipinski definition) is 2. The zero-order valence-corrected chi connectivity index (χ0v) is 12.5. The van der Waals surface area contributed by atoms with Crippen LogP contribution in [0, 0.1) is 13.8 Å². The number of aryl methyl sites for hydroxylation is 2. The lowest BCUT2D eigenvalue weighted by Crippen LogP contribution is -1.99. The summed E-state index contributed by atoms with van der Waals surface area (Å²) in [6, 6.07) is 11.3. The highest BCUT2D eigenvalue weighted by atomic mass is 35.5. The van der Waals surface area contributed by atoms with E-state index in [9.17, 15) is 4.21 Å². The number of anilines is 1. The normalized spacial score (nSPS) is 12.4. The van der Waals surface area contributed by atoms with Crippen molar-refractivity contribution in [2.45, 2.75) is 24.5 Å². The summed E-state index contributed by atoms with van der Waals surface area (Å²) in [5.74, 6) is 0.450. The molecule has 0 aromatic heterocycles. The Morgan fingerprint density at radius 3 is 2.37 bits per heavy atom. The summed E-state index contributed by atoms with van der Waals surface area (Å²) in [4.78, 5) is 0.598. The minimum atomic E-state index is -1.18. The van der Waals surface area contributed by atoms with Gasteiger partial charge in [0.2, 0.25) is 0 Å². The van der Waals surface area contributed by atoms with Gasteiger partial charge in [0.1, 0.15) is 0 Å². The molecule has 100 valence electrons. The van der Waals surface area contributed by atoms with E-state index in [0.29, 0.717) is 21.4 Å². The maximum absolute atomic E-state index is 12.4. The van der Waals surface area contributed by atoms with Crippen molar-refractivity contribution >= 4 is 28.1 Å². The minimum absolute atomic E-state index is 0.450. The van der Waals surface area contributed by atoms with E-state index in [4.69, 9.17) is 17.3 Å². The Kier molecular flexibility index (Phi) is 4.27. The van der Waals surface area contributed by atoms with Crippen LogP contribution >= 0.6 is 11.6 Å². The van der Waals surface area contributed by atoms with Crippen molar-refractivity contribution in [1.29, 1.82) is 0 Å². The molecule has 0 fully saturated rings. The van der Waals surface area contributed by atoms with Crippen LogP contribution in [0.15, 0.2) is 41.3 Å². The van der Waals surface area contributed by atoms with E-state index in [2.05, 4.69) is 6.07 Å². The van der Waals surface area contributed by atoms with E-state index in [1.165, 1.54) is 11.1 Å². The Hall–Kier alpha value is -1.32. The molecule has 2 N–H and O–H groups in total. The Morgan fingerprint density at radius 1 is 1.11 bits per heavy atom. The topological polar surface area (TPSA) is 43.1 Å². The third-order valence-corrected chi connectivity index (χ3v) is 4.65. The molecule has 0 spiro atoms. The molecule has 0 aliphatic rings. The Bertz CT molecular complexity index is 620. The van der Waals surface area contributed by atoms with Crippen molar-refractivity contribution in [2.24, 2.45) is 0 Å². The van der Waals surface area contributed by atoms with Crippen molar-refractivity contribution < 1.29 is 4.21 Å². The van der Waals surface area contributed by atoms with E-state index >= 15 is 0 Å². The van der Waals surface area contributed by atoms with Crippen LogP contribution in [0.3, 0.4) is 0 Å². The first-order valence-electron chi connectivity index (χ1n) is 5.96. The quantitative estimate of drug-likeness (QED) is 0.874. The van der Waals surface area contributed by atoms with Crippen molar-refractivity contribution in [3.05, 3.63) is 58.1 Å². The van der Waals surface area contributed by atoms with E-state index in [0.717, 1.165) is 5.56 Å². The molecule has 4 heteroatoms. The Morgan fingerprint density at radius 2 is 1.74 bits per heavy atom. The van der Waals surface area contributed by atoms with Gasteiger partial charge in [-0.25, -0.2) is 0 Å². The molecule has 0 amide bonds. The number of halogens is 1. The van der Waals surface area contributed by atoms with Gasteiger partial charge in [-0.05, 0) is 37.6 Å².